The number of nitrogens with two attached hydrogens (primary N) is 1. The Morgan fingerprint density at radius 1 is 1.57 bits per heavy atom. The van der Waals surface area contributed by atoms with E-state index in [1.807, 2.05) is 0 Å². The highest BCUT2D eigenvalue weighted by molar-refractivity contribution is 7.09. The number of nitrogens with zero attached hydrogens (tertiary/aromatic N) is 2. The van der Waals surface area contributed by atoms with E-state index in [1.54, 1.807) is 6.92 Å². The molecule has 1 aromatic rings. The number of aromatic carboxylic acids is 1. The van der Waals surface area contributed by atoms with Gasteiger partial charge in [-0.25, -0.2) is 14.6 Å². The number of nitrogens with one attached hydrogen (secondary N) is 1. The van der Waals surface area contributed by atoms with Gasteiger partial charge in [0.15, 0.2) is 5.69 Å². The molecule has 9 heteroatoms. The highest BCUT2D eigenvalue weighted by atomic mass is 32.1. The van der Waals surface area contributed by atoms with Crippen molar-refractivity contribution in [2.75, 3.05) is 13.1 Å². The molecule has 0 radical (unpaired) electrons. The first-order valence-electron chi connectivity index (χ1n) is 6.32. The Kier molecular flexibility index (Phi) is 4.12. The third-order valence-electron chi connectivity index (χ3n) is 3.52. The maximum atomic E-state index is 12.0. The molecule has 0 bridgehead atoms. The van der Waals surface area contributed by atoms with Crippen LogP contribution in [0.3, 0.4) is 0 Å². The fourth-order valence-corrected chi connectivity index (χ4v) is 2.80. The zero-order valence-electron chi connectivity index (χ0n) is 11.5. The van der Waals surface area contributed by atoms with Crippen LogP contribution in [0.15, 0.2) is 5.38 Å². The molecule has 4 N–H and O–H groups in total. The average molecular weight is 312 g/mol. The molecule has 1 aromatic heterocycles. The van der Waals surface area contributed by atoms with Gasteiger partial charge in [-0.1, -0.05) is 0 Å². The van der Waals surface area contributed by atoms with Crippen molar-refractivity contribution in [2.24, 2.45) is 11.1 Å². The molecule has 1 atom stereocenters. The molecular weight excluding hydrogens is 296 g/mol. The Morgan fingerprint density at radius 2 is 2.29 bits per heavy atom. The molecule has 2 rings (SSSR count). The number of aromatic nitrogens is 1. The van der Waals surface area contributed by atoms with Gasteiger partial charge in [-0.15, -0.1) is 11.3 Å². The van der Waals surface area contributed by atoms with Crippen molar-refractivity contribution >= 4 is 29.2 Å². The van der Waals surface area contributed by atoms with Crippen LogP contribution >= 0.6 is 11.3 Å². The summed E-state index contributed by atoms with van der Waals surface area (Å²) in [5.74, 6) is -1.51. The monoisotopic (exact) mass is 312 g/mol. The van der Waals surface area contributed by atoms with Crippen LogP contribution in [-0.2, 0) is 11.3 Å². The summed E-state index contributed by atoms with van der Waals surface area (Å²) in [6.45, 7) is 2.64. The first-order chi connectivity index (χ1) is 9.82. The van der Waals surface area contributed by atoms with E-state index in [0.29, 0.717) is 18.0 Å². The highest BCUT2D eigenvalue weighted by Crippen LogP contribution is 2.29. The maximum Gasteiger partial charge on any atom is 0.355 e. The van der Waals surface area contributed by atoms with E-state index in [2.05, 4.69) is 10.3 Å². The minimum absolute atomic E-state index is 0.0354. The standard InChI is InChI=1S/C12H16N4O4S/c1-12(10(13)19)2-3-16(6-12)11(20)14-4-8-15-7(5-21-8)9(17)18/h5H,2-4,6H2,1H3,(H2,13,19)(H,14,20)(H,17,18). The van der Waals surface area contributed by atoms with E-state index < -0.39 is 17.3 Å². The third kappa shape index (κ3) is 3.30. The topological polar surface area (TPSA) is 126 Å². The molecule has 21 heavy (non-hydrogen) atoms. The van der Waals surface area contributed by atoms with Crippen LogP contribution in [-0.4, -0.2) is 46.0 Å². The summed E-state index contributed by atoms with van der Waals surface area (Å²) < 4.78 is 0. The van der Waals surface area contributed by atoms with E-state index >= 15 is 0 Å². The lowest BCUT2D eigenvalue weighted by molar-refractivity contribution is -0.126. The molecule has 2 heterocycles. The highest BCUT2D eigenvalue weighted by Gasteiger charge is 2.40. The first kappa shape index (κ1) is 15.2. The molecule has 1 saturated heterocycles. The van der Waals surface area contributed by atoms with Gasteiger partial charge in [0.25, 0.3) is 0 Å². The van der Waals surface area contributed by atoms with E-state index in [-0.39, 0.29) is 24.8 Å². The number of carbonyl (C=O) groups excluding carboxylic acids is 2. The van der Waals surface area contributed by atoms with Crippen molar-refractivity contribution in [3.05, 3.63) is 16.1 Å². The van der Waals surface area contributed by atoms with Gasteiger partial charge in [0.05, 0.1) is 12.0 Å². The van der Waals surface area contributed by atoms with Gasteiger partial charge in [0.2, 0.25) is 5.91 Å². The minimum atomic E-state index is -1.10. The summed E-state index contributed by atoms with van der Waals surface area (Å²) in [5, 5.41) is 13.4. The smallest absolute Gasteiger partial charge is 0.355 e. The van der Waals surface area contributed by atoms with Crippen molar-refractivity contribution in [1.82, 2.24) is 15.2 Å². The zero-order chi connectivity index (χ0) is 15.6. The Hall–Kier alpha value is -2.16. The Morgan fingerprint density at radius 3 is 2.81 bits per heavy atom. The number of urea groups is 1. The maximum absolute atomic E-state index is 12.0. The summed E-state index contributed by atoms with van der Waals surface area (Å²) in [6, 6.07) is -0.313. The molecule has 8 nitrogen and oxygen atoms in total. The van der Waals surface area contributed by atoms with Crippen LogP contribution in [0, 0.1) is 5.41 Å². The van der Waals surface area contributed by atoms with Crippen LogP contribution in [0.5, 0.6) is 0 Å². The number of carbonyl (C=O) groups is 3. The number of thiazole rings is 1. The van der Waals surface area contributed by atoms with E-state index in [9.17, 15) is 14.4 Å². The Bertz CT molecular complexity index is 588. The predicted octanol–water partition coefficient (Wildman–Crippen LogP) is 0.248. The van der Waals surface area contributed by atoms with Gasteiger partial charge < -0.3 is 21.1 Å². The Labute approximate surface area is 124 Å². The van der Waals surface area contributed by atoms with Crippen LogP contribution in [0.4, 0.5) is 4.79 Å². The molecule has 0 aliphatic carbocycles. The number of carboxylic acids is 1. The summed E-state index contributed by atoms with van der Waals surface area (Å²) in [7, 11) is 0. The number of carboxylic acid groups (broad SMARTS) is 1. The van der Waals surface area contributed by atoms with Crippen molar-refractivity contribution in [3.63, 3.8) is 0 Å². The fraction of sp³-hybridized carbons (Fsp3) is 0.500. The van der Waals surface area contributed by atoms with E-state index in [1.165, 1.54) is 21.6 Å². The molecule has 3 amide bonds. The number of likely N-dealkylation sites (tertiary alicyclic amines) is 1. The number of amides is 3. The van der Waals surface area contributed by atoms with Gasteiger partial charge in [0, 0.05) is 18.5 Å². The molecule has 1 aliphatic rings. The Balaban J connectivity index is 1.88. The molecule has 0 saturated carbocycles. The molecule has 1 unspecified atom stereocenters. The second-order valence-electron chi connectivity index (χ2n) is 5.19. The number of hydrogen-bond acceptors (Lipinski definition) is 5. The molecule has 0 spiro atoms. The van der Waals surface area contributed by atoms with E-state index in [4.69, 9.17) is 10.8 Å². The number of rotatable bonds is 4. The SMILES string of the molecule is CC1(C(N)=O)CCN(C(=O)NCc2nc(C(=O)O)cs2)C1. The van der Waals surface area contributed by atoms with Crippen LogP contribution < -0.4 is 11.1 Å². The van der Waals surface area contributed by atoms with Gasteiger partial charge >= 0.3 is 12.0 Å². The van der Waals surface area contributed by atoms with Gasteiger partial charge in [-0.05, 0) is 13.3 Å². The number of hydrogen-bond donors (Lipinski definition) is 3. The lowest BCUT2D eigenvalue weighted by atomic mass is 9.89. The quantitative estimate of drug-likeness (QED) is 0.734. The van der Waals surface area contributed by atoms with Crippen molar-refractivity contribution in [3.8, 4) is 0 Å². The molecule has 1 fully saturated rings. The minimum Gasteiger partial charge on any atom is -0.476 e. The average Bonchev–Trinajstić information content (AvgIpc) is 3.03. The predicted molar refractivity (Wildman–Crippen MR) is 74.8 cm³/mol. The van der Waals surface area contributed by atoms with Crippen LogP contribution in [0.1, 0.15) is 28.8 Å². The van der Waals surface area contributed by atoms with Crippen LogP contribution in [0.2, 0.25) is 0 Å². The lowest BCUT2D eigenvalue weighted by Gasteiger charge is -2.21. The molecule has 1 aliphatic heterocycles. The molecule has 0 aromatic carbocycles. The fourth-order valence-electron chi connectivity index (χ4n) is 2.09. The lowest BCUT2D eigenvalue weighted by Crippen LogP contribution is -2.42. The molecular formula is C12H16N4O4S. The van der Waals surface area contributed by atoms with Crippen LogP contribution in [0.25, 0.3) is 0 Å². The summed E-state index contributed by atoms with van der Waals surface area (Å²) >= 11 is 1.17. The van der Waals surface area contributed by atoms with Gasteiger partial charge in [-0.3, -0.25) is 4.79 Å². The van der Waals surface area contributed by atoms with Crippen molar-refractivity contribution in [1.29, 1.82) is 0 Å². The largest absolute Gasteiger partial charge is 0.476 e. The summed E-state index contributed by atoms with van der Waals surface area (Å²) in [6.07, 6.45) is 0.538. The third-order valence-corrected chi connectivity index (χ3v) is 4.37. The first-order valence-corrected chi connectivity index (χ1v) is 7.20. The van der Waals surface area contributed by atoms with Gasteiger partial charge in [0.1, 0.15) is 5.01 Å². The second-order valence-corrected chi connectivity index (χ2v) is 6.13. The van der Waals surface area contributed by atoms with E-state index in [0.717, 1.165) is 0 Å². The summed E-state index contributed by atoms with van der Waals surface area (Å²) in [4.78, 5) is 39.4. The molecule has 114 valence electrons. The summed E-state index contributed by atoms with van der Waals surface area (Å²) in [5.41, 5.74) is 4.61. The zero-order valence-corrected chi connectivity index (χ0v) is 12.3. The van der Waals surface area contributed by atoms with Crippen molar-refractivity contribution in [2.45, 2.75) is 19.9 Å². The number of primary amides is 1. The normalized spacial score (nSPS) is 21.3. The second kappa shape index (κ2) is 5.68. The van der Waals surface area contributed by atoms with Gasteiger partial charge in [-0.2, -0.15) is 0 Å². The van der Waals surface area contributed by atoms with Crippen molar-refractivity contribution < 1.29 is 19.5 Å².